The van der Waals surface area contributed by atoms with Gasteiger partial charge in [-0.2, -0.15) is 5.26 Å². The zero-order valence-electron chi connectivity index (χ0n) is 11.4. The first-order valence-corrected chi connectivity index (χ1v) is 6.79. The molecule has 100 valence electrons. The zero-order chi connectivity index (χ0) is 13.8. The first kappa shape index (κ1) is 13.8. The van der Waals surface area contributed by atoms with Crippen LogP contribution >= 0.6 is 0 Å². The molecule has 3 heteroatoms. The summed E-state index contributed by atoms with van der Waals surface area (Å²) >= 11 is 0. The van der Waals surface area contributed by atoms with Crippen LogP contribution in [-0.4, -0.2) is 18.5 Å². The number of aryl methyl sites for hydroxylation is 1. The normalized spacial score (nSPS) is 23.8. The van der Waals surface area contributed by atoms with E-state index in [9.17, 15) is 10.1 Å². The largest absolute Gasteiger partial charge is 0.377 e. The van der Waals surface area contributed by atoms with Gasteiger partial charge < -0.3 is 4.74 Å². The van der Waals surface area contributed by atoms with E-state index in [0.717, 1.165) is 24.0 Å². The molecule has 1 aromatic carbocycles. The number of ketones is 1. The highest BCUT2D eigenvalue weighted by Gasteiger charge is 2.37. The second-order valence-electron chi connectivity index (χ2n) is 5.09. The molecule has 2 rings (SSSR count). The van der Waals surface area contributed by atoms with Gasteiger partial charge in [-0.05, 0) is 25.3 Å². The monoisotopic (exact) mass is 257 g/mol. The Kier molecular flexibility index (Phi) is 4.34. The fourth-order valence-electron chi connectivity index (χ4n) is 2.65. The van der Waals surface area contributed by atoms with E-state index >= 15 is 0 Å². The van der Waals surface area contributed by atoms with Crippen LogP contribution in [-0.2, 0) is 9.53 Å². The van der Waals surface area contributed by atoms with Crippen LogP contribution in [0.5, 0.6) is 0 Å². The first-order valence-electron chi connectivity index (χ1n) is 6.79. The second kappa shape index (κ2) is 5.99. The average molecular weight is 257 g/mol. The van der Waals surface area contributed by atoms with Crippen LogP contribution in [0.4, 0.5) is 0 Å². The molecule has 1 fully saturated rings. The van der Waals surface area contributed by atoms with Crippen molar-refractivity contribution in [3.63, 3.8) is 0 Å². The number of hydrogen-bond acceptors (Lipinski definition) is 3. The molecule has 1 heterocycles. The lowest BCUT2D eigenvalue weighted by molar-refractivity contribution is -0.124. The number of carbonyl (C=O) groups is 1. The van der Waals surface area contributed by atoms with Crippen LogP contribution in [0.2, 0.25) is 0 Å². The van der Waals surface area contributed by atoms with E-state index in [1.807, 2.05) is 38.1 Å². The van der Waals surface area contributed by atoms with Gasteiger partial charge in [-0.1, -0.05) is 36.8 Å². The predicted molar refractivity (Wildman–Crippen MR) is 72.7 cm³/mol. The van der Waals surface area contributed by atoms with Gasteiger partial charge in [0.2, 0.25) is 0 Å². The molecule has 3 atom stereocenters. The molecule has 1 aliphatic heterocycles. The summed E-state index contributed by atoms with van der Waals surface area (Å²) in [5.74, 6) is -0.784. The summed E-state index contributed by atoms with van der Waals surface area (Å²) in [4.78, 5) is 12.5. The maximum Gasteiger partial charge on any atom is 0.160 e. The number of hydrogen-bond donors (Lipinski definition) is 0. The quantitative estimate of drug-likeness (QED) is 0.833. The van der Waals surface area contributed by atoms with Gasteiger partial charge in [0.05, 0.1) is 12.2 Å². The lowest BCUT2D eigenvalue weighted by atomic mass is 9.84. The third-order valence-electron chi connectivity index (χ3n) is 3.80. The maximum atomic E-state index is 12.5. The number of benzene rings is 1. The minimum atomic E-state index is -0.665. The fraction of sp³-hybridized carbons (Fsp3) is 0.500. The summed E-state index contributed by atoms with van der Waals surface area (Å²) in [5, 5.41) is 9.33. The van der Waals surface area contributed by atoms with Crippen molar-refractivity contribution >= 4 is 5.78 Å². The molecule has 0 aromatic heterocycles. The van der Waals surface area contributed by atoms with Gasteiger partial charge in [-0.3, -0.25) is 4.79 Å². The number of ether oxygens (including phenoxy) is 1. The summed E-state index contributed by atoms with van der Waals surface area (Å²) in [6.07, 6.45) is 1.54. The Morgan fingerprint density at radius 2 is 2.16 bits per heavy atom. The van der Waals surface area contributed by atoms with Crippen molar-refractivity contribution in [3.05, 3.63) is 35.4 Å². The highest BCUT2D eigenvalue weighted by molar-refractivity contribution is 5.91. The van der Waals surface area contributed by atoms with Gasteiger partial charge in [0.15, 0.2) is 5.78 Å². The molecule has 0 N–H and O–H groups in total. The van der Waals surface area contributed by atoms with Crippen LogP contribution in [0.1, 0.15) is 36.8 Å². The molecular weight excluding hydrogens is 238 g/mol. The third kappa shape index (κ3) is 2.85. The summed E-state index contributed by atoms with van der Waals surface area (Å²) in [6, 6.07) is 9.78. The molecule has 0 spiro atoms. The summed E-state index contributed by atoms with van der Waals surface area (Å²) in [6.45, 7) is 4.63. The topological polar surface area (TPSA) is 50.1 Å². The molecule has 1 aliphatic rings. The number of nitrogens with zero attached hydrogens (tertiary/aromatic N) is 1. The third-order valence-corrected chi connectivity index (χ3v) is 3.80. The Morgan fingerprint density at radius 3 is 2.74 bits per heavy atom. The van der Waals surface area contributed by atoms with Gasteiger partial charge in [-0.15, -0.1) is 0 Å². The Balaban J connectivity index is 2.20. The molecule has 0 saturated carbocycles. The van der Waals surface area contributed by atoms with Crippen molar-refractivity contribution in [1.29, 1.82) is 5.26 Å². The predicted octanol–water partition coefficient (Wildman–Crippen LogP) is 2.99. The summed E-state index contributed by atoms with van der Waals surface area (Å²) in [7, 11) is 0. The van der Waals surface area contributed by atoms with Crippen LogP contribution in [0.3, 0.4) is 0 Å². The SMILES string of the molecule is CCC1OCCC1C(=O)C(C#N)c1ccc(C)cc1. The van der Waals surface area contributed by atoms with E-state index in [1.165, 1.54) is 0 Å². The van der Waals surface area contributed by atoms with E-state index < -0.39 is 5.92 Å². The van der Waals surface area contributed by atoms with E-state index in [4.69, 9.17) is 4.74 Å². The van der Waals surface area contributed by atoms with Crippen molar-refractivity contribution in [1.82, 2.24) is 0 Å². The van der Waals surface area contributed by atoms with Gasteiger partial charge in [-0.25, -0.2) is 0 Å². The molecule has 0 aliphatic carbocycles. The molecular formula is C16H19NO2. The van der Waals surface area contributed by atoms with Crippen molar-refractivity contribution in [2.75, 3.05) is 6.61 Å². The van der Waals surface area contributed by atoms with Gasteiger partial charge in [0, 0.05) is 12.5 Å². The Bertz CT molecular complexity index is 486. The Hall–Kier alpha value is -1.66. The number of carbonyl (C=O) groups excluding carboxylic acids is 1. The van der Waals surface area contributed by atoms with E-state index in [0.29, 0.717) is 6.61 Å². The van der Waals surface area contributed by atoms with Crippen molar-refractivity contribution < 1.29 is 9.53 Å². The van der Waals surface area contributed by atoms with Crippen molar-refractivity contribution in [3.8, 4) is 6.07 Å². The number of nitriles is 1. The lowest BCUT2D eigenvalue weighted by Crippen LogP contribution is -2.28. The molecule has 19 heavy (non-hydrogen) atoms. The van der Waals surface area contributed by atoms with E-state index in [2.05, 4.69) is 6.07 Å². The Labute approximate surface area is 114 Å². The minimum absolute atomic E-state index is 0.00991. The van der Waals surface area contributed by atoms with E-state index in [1.54, 1.807) is 0 Å². The van der Waals surface area contributed by atoms with Crippen LogP contribution in [0.15, 0.2) is 24.3 Å². The maximum absolute atomic E-state index is 12.5. The summed E-state index contributed by atoms with van der Waals surface area (Å²) in [5.41, 5.74) is 1.92. The van der Waals surface area contributed by atoms with E-state index in [-0.39, 0.29) is 17.8 Å². The molecule has 1 aromatic rings. The highest BCUT2D eigenvalue weighted by atomic mass is 16.5. The summed E-state index contributed by atoms with van der Waals surface area (Å²) < 4.78 is 5.56. The second-order valence-corrected chi connectivity index (χ2v) is 5.09. The minimum Gasteiger partial charge on any atom is -0.377 e. The molecule has 1 saturated heterocycles. The molecule has 0 amide bonds. The molecule has 0 bridgehead atoms. The lowest BCUT2D eigenvalue weighted by Gasteiger charge is -2.18. The molecule has 3 nitrogen and oxygen atoms in total. The number of rotatable bonds is 4. The van der Waals surface area contributed by atoms with Crippen LogP contribution in [0.25, 0.3) is 0 Å². The van der Waals surface area contributed by atoms with Crippen molar-refractivity contribution in [2.45, 2.75) is 38.7 Å². The molecule has 0 radical (unpaired) electrons. The first-order chi connectivity index (χ1) is 9.17. The van der Waals surface area contributed by atoms with Crippen LogP contribution < -0.4 is 0 Å². The van der Waals surface area contributed by atoms with Gasteiger partial charge in [0.1, 0.15) is 5.92 Å². The Morgan fingerprint density at radius 1 is 1.47 bits per heavy atom. The van der Waals surface area contributed by atoms with Gasteiger partial charge in [0.25, 0.3) is 0 Å². The smallest absolute Gasteiger partial charge is 0.160 e. The zero-order valence-corrected chi connectivity index (χ0v) is 11.4. The average Bonchev–Trinajstić information content (AvgIpc) is 2.90. The molecule has 3 unspecified atom stereocenters. The fourth-order valence-corrected chi connectivity index (χ4v) is 2.65. The van der Waals surface area contributed by atoms with Crippen molar-refractivity contribution in [2.24, 2.45) is 5.92 Å². The standard InChI is InChI=1S/C16H19NO2/c1-3-15-13(8-9-19-15)16(18)14(10-17)12-6-4-11(2)5-7-12/h4-7,13-15H,3,8-9H2,1-2H3. The van der Waals surface area contributed by atoms with Crippen LogP contribution in [0, 0.1) is 24.2 Å². The number of Topliss-reactive ketones (excluding diaryl/α,β-unsaturated/α-hetero) is 1. The van der Waals surface area contributed by atoms with Gasteiger partial charge >= 0.3 is 0 Å². The highest BCUT2D eigenvalue weighted by Crippen LogP contribution is 2.30.